The number of terminal acetylenes is 1. The molecular formula is C21H21NO5. The number of rotatable bonds is 5. The van der Waals surface area contributed by atoms with Crippen LogP contribution in [-0.2, 0) is 0 Å². The zero-order valence-corrected chi connectivity index (χ0v) is 15.5. The summed E-state index contributed by atoms with van der Waals surface area (Å²) in [5.74, 6) is 3.08. The summed E-state index contributed by atoms with van der Waals surface area (Å²) >= 11 is 0. The SMILES string of the molecule is C#CC1C(=N)Oc2cc(C)oc(=O)c2C1c1ccc(OCC)c(OCC)c1. The third-order valence-corrected chi connectivity index (χ3v) is 4.33. The van der Waals surface area contributed by atoms with Gasteiger partial charge in [-0.05, 0) is 38.5 Å². The second kappa shape index (κ2) is 7.58. The molecule has 2 atom stereocenters. The third-order valence-electron chi connectivity index (χ3n) is 4.33. The summed E-state index contributed by atoms with van der Waals surface area (Å²) in [5.41, 5.74) is 0.524. The van der Waals surface area contributed by atoms with Crippen LogP contribution in [0.4, 0.5) is 0 Å². The predicted octanol–water partition coefficient (Wildman–Crippen LogP) is 3.50. The van der Waals surface area contributed by atoms with Crippen molar-refractivity contribution >= 4 is 5.90 Å². The van der Waals surface area contributed by atoms with Gasteiger partial charge in [0.15, 0.2) is 11.5 Å². The van der Waals surface area contributed by atoms with Crippen molar-refractivity contribution < 1.29 is 18.6 Å². The van der Waals surface area contributed by atoms with Crippen molar-refractivity contribution in [3.63, 3.8) is 0 Å². The van der Waals surface area contributed by atoms with Crippen LogP contribution in [0.1, 0.15) is 36.7 Å². The molecule has 0 saturated heterocycles. The molecule has 0 fully saturated rings. The van der Waals surface area contributed by atoms with Gasteiger partial charge in [-0.25, -0.2) is 4.79 Å². The molecule has 0 aliphatic carbocycles. The quantitative estimate of drug-likeness (QED) is 0.818. The Morgan fingerprint density at radius 2 is 1.89 bits per heavy atom. The van der Waals surface area contributed by atoms with Crippen molar-refractivity contribution in [1.82, 2.24) is 0 Å². The first kappa shape index (κ1) is 18.6. The average Bonchev–Trinajstić information content (AvgIpc) is 2.62. The summed E-state index contributed by atoms with van der Waals surface area (Å²) in [6.45, 7) is 6.38. The van der Waals surface area contributed by atoms with Crippen LogP contribution in [0.3, 0.4) is 0 Å². The van der Waals surface area contributed by atoms with Crippen LogP contribution in [-0.4, -0.2) is 19.1 Å². The standard InChI is InChI=1S/C21H21NO5/c1-5-14-18(13-8-9-15(24-6-2)16(11-13)25-7-3)19-17(27-20(14)22)10-12(4)26-21(19)23/h1,8-11,14,18,22H,6-7H2,2-4H3. The van der Waals surface area contributed by atoms with Crippen molar-refractivity contribution in [2.75, 3.05) is 13.2 Å². The van der Waals surface area contributed by atoms with Gasteiger partial charge in [-0.2, -0.15) is 0 Å². The average molecular weight is 367 g/mol. The molecule has 2 aromatic rings. The van der Waals surface area contributed by atoms with Gasteiger partial charge in [0.05, 0.1) is 18.8 Å². The van der Waals surface area contributed by atoms with Gasteiger partial charge in [-0.15, -0.1) is 6.42 Å². The third kappa shape index (κ3) is 3.41. The zero-order chi connectivity index (χ0) is 19.6. The molecule has 0 radical (unpaired) electrons. The molecule has 27 heavy (non-hydrogen) atoms. The van der Waals surface area contributed by atoms with E-state index in [0.717, 1.165) is 5.56 Å². The van der Waals surface area contributed by atoms with Crippen LogP contribution >= 0.6 is 0 Å². The molecule has 0 bridgehead atoms. The molecule has 1 aromatic heterocycles. The highest BCUT2D eigenvalue weighted by molar-refractivity contribution is 5.85. The summed E-state index contributed by atoms with van der Waals surface area (Å²) in [6, 6.07) is 7.00. The zero-order valence-electron chi connectivity index (χ0n) is 15.5. The molecule has 2 unspecified atom stereocenters. The minimum Gasteiger partial charge on any atom is -0.490 e. The van der Waals surface area contributed by atoms with E-state index in [1.165, 1.54) is 0 Å². The van der Waals surface area contributed by atoms with Crippen LogP contribution in [0.15, 0.2) is 33.5 Å². The Morgan fingerprint density at radius 3 is 2.56 bits per heavy atom. The maximum atomic E-state index is 12.6. The van der Waals surface area contributed by atoms with Crippen molar-refractivity contribution in [1.29, 1.82) is 5.41 Å². The minimum atomic E-state index is -0.726. The highest BCUT2D eigenvalue weighted by Crippen LogP contribution is 2.42. The van der Waals surface area contributed by atoms with E-state index < -0.39 is 17.5 Å². The van der Waals surface area contributed by atoms with E-state index >= 15 is 0 Å². The Labute approximate surface area is 157 Å². The monoisotopic (exact) mass is 367 g/mol. The number of benzene rings is 1. The van der Waals surface area contributed by atoms with E-state index in [4.69, 9.17) is 30.5 Å². The van der Waals surface area contributed by atoms with Crippen LogP contribution in [0, 0.1) is 30.6 Å². The fourth-order valence-electron chi connectivity index (χ4n) is 3.25. The number of ether oxygens (including phenoxy) is 3. The number of nitrogens with one attached hydrogen (secondary N) is 1. The Kier molecular flexibility index (Phi) is 5.22. The van der Waals surface area contributed by atoms with E-state index in [0.29, 0.717) is 41.8 Å². The number of aryl methyl sites for hydroxylation is 1. The number of hydrogen-bond donors (Lipinski definition) is 1. The lowest BCUT2D eigenvalue weighted by molar-refractivity contribution is 0.287. The lowest BCUT2D eigenvalue weighted by atomic mass is 9.79. The van der Waals surface area contributed by atoms with Gasteiger partial charge in [0.1, 0.15) is 17.4 Å². The fourth-order valence-corrected chi connectivity index (χ4v) is 3.25. The topological polar surface area (TPSA) is 81.8 Å². The van der Waals surface area contributed by atoms with E-state index in [9.17, 15) is 4.79 Å². The smallest absolute Gasteiger partial charge is 0.343 e. The maximum Gasteiger partial charge on any atom is 0.343 e. The Hall–Kier alpha value is -3.20. The molecule has 0 amide bonds. The largest absolute Gasteiger partial charge is 0.490 e. The van der Waals surface area contributed by atoms with Gasteiger partial charge >= 0.3 is 5.63 Å². The van der Waals surface area contributed by atoms with Crippen LogP contribution in [0.25, 0.3) is 0 Å². The van der Waals surface area contributed by atoms with Crippen molar-refractivity contribution in [3.8, 4) is 29.6 Å². The second-order valence-corrected chi connectivity index (χ2v) is 6.08. The first-order valence-electron chi connectivity index (χ1n) is 8.76. The fraction of sp³-hybridized carbons (Fsp3) is 0.333. The maximum absolute atomic E-state index is 12.6. The first-order chi connectivity index (χ1) is 13.0. The van der Waals surface area contributed by atoms with Gasteiger partial charge in [-0.1, -0.05) is 12.0 Å². The van der Waals surface area contributed by atoms with Crippen LogP contribution in [0.2, 0.25) is 0 Å². The molecule has 1 aliphatic heterocycles. The van der Waals surface area contributed by atoms with E-state index in [1.54, 1.807) is 25.1 Å². The van der Waals surface area contributed by atoms with E-state index in [1.807, 2.05) is 19.9 Å². The van der Waals surface area contributed by atoms with E-state index in [-0.39, 0.29) is 5.90 Å². The molecule has 140 valence electrons. The highest BCUT2D eigenvalue weighted by atomic mass is 16.5. The van der Waals surface area contributed by atoms with Crippen LogP contribution < -0.4 is 19.8 Å². The number of hydrogen-bond acceptors (Lipinski definition) is 6. The summed E-state index contributed by atoms with van der Waals surface area (Å²) in [7, 11) is 0. The number of fused-ring (bicyclic) bond motifs is 1. The Balaban J connectivity index is 2.20. The van der Waals surface area contributed by atoms with Gasteiger partial charge in [0.2, 0.25) is 5.90 Å². The summed E-state index contributed by atoms with van der Waals surface area (Å²) in [4.78, 5) is 12.6. The molecule has 1 aliphatic rings. The molecular weight excluding hydrogens is 346 g/mol. The van der Waals surface area contributed by atoms with Crippen molar-refractivity contribution in [2.24, 2.45) is 5.92 Å². The van der Waals surface area contributed by atoms with Gasteiger partial charge in [-0.3, -0.25) is 5.41 Å². The Bertz CT molecular complexity index is 970. The van der Waals surface area contributed by atoms with Gasteiger partial charge < -0.3 is 18.6 Å². The van der Waals surface area contributed by atoms with Crippen molar-refractivity contribution in [2.45, 2.75) is 26.7 Å². The normalized spacial score (nSPS) is 18.2. The molecule has 0 saturated carbocycles. The van der Waals surface area contributed by atoms with Gasteiger partial charge in [0, 0.05) is 12.0 Å². The molecule has 1 N–H and O–H groups in total. The first-order valence-corrected chi connectivity index (χ1v) is 8.76. The molecule has 6 heteroatoms. The molecule has 1 aromatic carbocycles. The molecule has 0 spiro atoms. The molecule has 3 rings (SSSR count). The summed E-state index contributed by atoms with van der Waals surface area (Å²) in [5, 5.41) is 8.19. The minimum absolute atomic E-state index is 0.0770. The Morgan fingerprint density at radius 1 is 1.19 bits per heavy atom. The lowest BCUT2D eigenvalue weighted by Gasteiger charge is -2.30. The highest BCUT2D eigenvalue weighted by Gasteiger charge is 2.39. The predicted molar refractivity (Wildman–Crippen MR) is 101 cm³/mol. The second-order valence-electron chi connectivity index (χ2n) is 6.08. The lowest BCUT2D eigenvalue weighted by Crippen LogP contribution is -2.34. The molecule has 2 heterocycles. The molecule has 6 nitrogen and oxygen atoms in total. The summed E-state index contributed by atoms with van der Waals surface area (Å²) < 4.78 is 22.1. The van der Waals surface area contributed by atoms with Crippen molar-refractivity contribution in [3.05, 3.63) is 51.6 Å². The summed E-state index contributed by atoms with van der Waals surface area (Å²) in [6.07, 6.45) is 5.67. The van der Waals surface area contributed by atoms with Crippen LogP contribution in [0.5, 0.6) is 17.2 Å². The van der Waals surface area contributed by atoms with E-state index in [2.05, 4.69) is 5.92 Å². The van der Waals surface area contributed by atoms with Gasteiger partial charge in [0.25, 0.3) is 0 Å².